The number of nitrogens with one attached hydrogen (secondary N) is 1. The first-order valence-electron chi connectivity index (χ1n) is 5.33. The first kappa shape index (κ1) is 10.6. The lowest BCUT2D eigenvalue weighted by molar-refractivity contribution is 0.474. The number of phenolic OH excluding ortho intramolecular Hbond substituents is 1. The number of anilines is 1. The highest BCUT2D eigenvalue weighted by Gasteiger charge is 1.99. The van der Waals surface area contributed by atoms with Gasteiger partial charge in [0.2, 0.25) is 0 Å². The van der Waals surface area contributed by atoms with E-state index < -0.39 is 0 Å². The van der Waals surface area contributed by atoms with E-state index in [-0.39, 0.29) is 0 Å². The summed E-state index contributed by atoms with van der Waals surface area (Å²) in [6.45, 7) is 2.77. The highest BCUT2D eigenvalue weighted by atomic mass is 16.3. The van der Waals surface area contributed by atoms with Crippen molar-refractivity contribution in [3.8, 4) is 5.75 Å². The molecule has 0 fully saturated rings. The molecule has 2 aromatic rings. The third-order valence-electron chi connectivity index (χ3n) is 2.59. The van der Waals surface area contributed by atoms with Crippen LogP contribution in [0.5, 0.6) is 5.75 Å². The van der Waals surface area contributed by atoms with E-state index in [0.717, 1.165) is 17.8 Å². The van der Waals surface area contributed by atoms with Gasteiger partial charge in [0.25, 0.3) is 0 Å². The average molecular weight is 213 g/mol. The molecule has 2 rings (SSSR count). The number of aromatic hydroxyl groups is 1. The second-order valence-electron chi connectivity index (χ2n) is 3.83. The molecule has 0 aliphatic heterocycles. The van der Waals surface area contributed by atoms with Crippen LogP contribution < -0.4 is 5.32 Å². The number of benzene rings is 2. The van der Waals surface area contributed by atoms with Crippen LogP contribution in [-0.2, 0) is 6.54 Å². The highest BCUT2D eigenvalue weighted by Crippen LogP contribution is 2.17. The first-order chi connectivity index (χ1) is 7.75. The van der Waals surface area contributed by atoms with Crippen molar-refractivity contribution in [1.82, 2.24) is 0 Å². The van der Waals surface area contributed by atoms with E-state index >= 15 is 0 Å². The zero-order valence-electron chi connectivity index (χ0n) is 9.27. The van der Waals surface area contributed by atoms with Crippen molar-refractivity contribution in [2.24, 2.45) is 0 Å². The summed E-state index contributed by atoms with van der Waals surface area (Å²) >= 11 is 0. The Morgan fingerprint density at radius 2 is 1.81 bits per heavy atom. The van der Waals surface area contributed by atoms with Gasteiger partial charge in [0.15, 0.2) is 0 Å². The van der Waals surface area contributed by atoms with E-state index in [4.69, 9.17) is 0 Å². The largest absolute Gasteiger partial charge is 0.508 e. The van der Waals surface area contributed by atoms with Crippen LogP contribution in [0.2, 0.25) is 0 Å². The van der Waals surface area contributed by atoms with Gasteiger partial charge < -0.3 is 10.4 Å². The monoisotopic (exact) mass is 213 g/mol. The predicted octanol–water partition coefficient (Wildman–Crippen LogP) is 3.31. The van der Waals surface area contributed by atoms with Crippen molar-refractivity contribution in [3.63, 3.8) is 0 Å². The highest BCUT2D eigenvalue weighted by molar-refractivity contribution is 5.44. The molecule has 2 nitrogen and oxygen atoms in total. The standard InChI is InChI=1S/C14H15NO/c1-11-7-8-14(16)9-12(11)10-15-13-5-3-2-4-6-13/h2-9,15-16H,10H2,1H3. The molecule has 0 heterocycles. The number of hydrogen-bond acceptors (Lipinski definition) is 2. The Morgan fingerprint density at radius 1 is 1.06 bits per heavy atom. The van der Waals surface area contributed by atoms with Gasteiger partial charge in [-0.15, -0.1) is 0 Å². The zero-order chi connectivity index (χ0) is 11.4. The molecule has 0 saturated heterocycles. The smallest absolute Gasteiger partial charge is 0.115 e. The van der Waals surface area contributed by atoms with Gasteiger partial charge in [0, 0.05) is 12.2 Å². The average Bonchev–Trinajstić information content (AvgIpc) is 2.32. The molecule has 0 aliphatic rings. The van der Waals surface area contributed by atoms with Crippen LogP contribution in [0.15, 0.2) is 48.5 Å². The van der Waals surface area contributed by atoms with Crippen molar-refractivity contribution in [2.45, 2.75) is 13.5 Å². The molecule has 0 saturated carbocycles. The third-order valence-corrected chi connectivity index (χ3v) is 2.59. The van der Waals surface area contributed by atoms with E-state index in [2.05, 4.69) is 5.32 Å². The number of hydrogen-bond donors (Lipinski definition) is 2. The Kier molecular flexibility index (Phi) is 3.10. The number of phenols is 1. The van der Waals surface area contributed by atoms with Crippen molar-refractivity contribution in [2.75, 3.05) is 5.32 Å². The summed E-state index contributed by atoms with van der Waals surface area (Å²) < 4.78 is 0. The van der Waals surface area contributed by atoms with Crippen LogP contribution in [0, 0.1) is 6.92 Å². The maximum atomic E-state index is 9.41. The first-order valence-corrected chi connectivity index (χ1v) is 5.33. The van der Waals surface area contributed by atoms with Gasteiger partial charge in [-0.25, -0.2) is 0 Å². The summed E-state index contributed by atoms with van der Waals surface area (Å²) in [5.74, 6) is 0.315. The van der Waals surface area contributed by atoms with E-state index in [1.54, 1.807) is 12.1 Å². The minimum Gasteiger partial charge on any atom is -0.508 e. The zero-order valence-corrected chi connectivity index (χ0v) is 9.27. The fourth-order valence-corrected chi connectivity index (χ4v) is 1.60. The lowest BCUT2D eigenvalue weighted by Crippen LogP contribution is -2.00. The van der Waals surface area contributed by atoms with E-state index in [1.807, 2.05) is 43.3 Å². The van der Waals surface area contributed by atoms with Gasteiger partial charge in [0.05, 0.1) is 0 Å². The minimum atomic E-state index is 0.315. The van der Waals surface area contributed by atoms with Gasteiger partial charge in [-0.1, -0.05) is 24.3 Å². The van der Waals surface area contributed by atoms with E-state index in [9.17, 15) is 5.11 Å². The van der Waals surface area contributed by atoms with Crippen molar-refractivity contribution in [1.29, 1.82) is 0 Å². The van der Waals surface area contributed by atoms with Gasteiger partial charge in [0.1, 0.15) is 5.75 Å². The number of rotatable bonds is 3. The van der Waals surface area contributed by atoms with Crippen molar-refractivity contribution >= 4 is 5.69 Å². The molecule has 0 unspecified atom stereocenters. The SMILES string of the molecule is Cc1ccc(O)cc1CNc1ccccc1. The fraction of sp³-hybridized carbons (Fsp3) is 0.143. The van der Waals surface area contributed by atoms with E-state index in [1.165, 1.54) is 5.56 Å². The molecule has 0 amide bonds. The van der Waals surface area contributed by atoms with Crippen LogP contribution in [-0.4, -0.2) is 5.11 Å². The van der Waals surface area contributed by atoms with Crippen molar-refractivity contribution in [3.05, 3.63) is 59.7 Å². The lowest BCUT2D eigenvalue weighted by atomic mass is 10.1. The molecular formula is C14H15NO. The third kappa shape index (κ3) is 2.54. The lowest BCUT2D eigenvalue weighted by Gasteiger charge is -2.09. The summed E-state index contributed by atoms with van der Waals surface area (Å²) in [7, 11) is 0. The normalized spacial score (nSPS) is 10.1. The second kappa shape index (κ2) is 4.71. The molecule has 16 heavy (non-hydrogen) atoms. The fourth-order valence-electron chi connectivity index (χ4n) is 1.60. The Morgan fingerprint density at radius 3 is 2.56 bits per heavy atom. The second-order valence-corrected chi connectivity index (χ2v) is 3.83. The summed E-state index contributed by atoms with van der Waals surface area (Å²) in [6.07, 6.45) is 0. The van der Waals surface area contributed by atoms with Gasteiger partial charge in [-0.2, -0.15) is 0 Å². The van der Waals surface area contributed by atoms with Crippen molar-refractivity contribution < 1.29 is 5.11 Å². The molecule has 0 radical (unpaired) electrons. The molecule has 2 aromatic carbocycles. The quantitative estimate of drug-likeness (QED) is 0.819. The Balaban J connectivity index is 2.08. The van der Waals surface area contributed by atoms with Crippen LogP contribution >= 0.6 is 0 Å². The molecular weight excluding hydrogens is 198 g/mol. The molecule has 0 spiro atoms. The van der Waals surface area contributed by atoms with Gasteiger partial charge in [-0.05, 0) is 42.3 Å². The molecule has 0 bridgehead atoms. The topological polar surface area (TPSA) is 32.3 Å². The molecule has 0 aromatic heterocycles. The molecule has 0 aliphatic carbocycles. The predicted molar refractivity (Wildman–Crippen MR) is 66.6 cm³/mol. The van der Waals surface area contributed by atoms with Crippen LogP contribution in [0.25, 0.3) is 0 Å². The minimum absolute atomic E-state index is 0.315. The Hall–Kier alpha value is -1.96. The molecule has 82 valence electrons. The van der Waals surface area contributed by atoms with E-state index in [0.29, 0.717) is 5.75 Å². The molecule has 2 heteroatoms. The maximum absolute atomic E-state index is 9.41. The molecule has 2 N–H and O–H groups in total. The van der Waals surface area contributed by atoms with Crippen LogP contribution in [0.1, 0.15) is 11.1 Å². The Labute approximate surface area is 95.6 Å². The van der Waals surface area contributed by atoms with Crippen LogP contribution in [0.4, 0.5) is 5.69 Å². The number of para-hydroxylation sites is 1. The summed E-state index contributed by atoms with van der Waals surface area (Å²) in [4.78, 5) is 0. The van der Waals surface area contributed by atoms with Gasteiger partial charge >= 0.3 is 0 Å². The molecule has 0 atom stereocenters. The maximum Gasteiger partial charge on any atom is 0.115 e. The summed E-state index contributed by atoms with van der Waals surface area (Å²) in [5, 5.41) is 12.7. The number of aryl methyl sites for hydroxylation is 1. The summed E-state index contributed by atoms with van der Waals surface area (Å²) in [6, 6.07) is 15.5. The van der Waals surface area contributed by atoms with Gasteiger partial charge in [-0.3, -0.25) is 0 Å². The summed E-state index contributed by atoms with van der Waals surface area (Å²) in [5.41, 5.74) is 3.38. The Bertz CT molecular complexity index is 465. The van der Waals surface area contributed by atoms with Crippen LogP contribution in [0.3, 0.4) is 0 Å².